The van der Waals surface area contributed by atoms with Gasteiger partial charge in [0, 0.05) is 12.0 Å². The number of rotatable bonds is 4. The lowest BCUT2D eigenvalue weighted by atomic mass is 9.62. The predicted molar refractivity (Wildman–Crippen MR) is 108 cm³/mol. The van der Waals surface area contributed by atoms with E-state index in [0.29, 0.717) is 0 Å². The maximum Gasteiger partial charge on any atom is 0.335 e. The van der Waals surface area contributed by atoms with Crippen molar-refractivity contribution in [3.63, 3.8) is 0 Å². The lowest BCUT2D eigenvalue weighted by Crippen LogP contribution is -2.34. The number of carboxylic acid groups (broad SMARTS) is 1. The van der Waals surface area contributed by atoms with Gasteiger partial charge in [-0.15, -0.1) is 0 Å². The van der Waals surface area contributed by atoms with Crippen LogP contribution >= 0.6 is 0 Å². The second-order valence-electron chi connectivity index (χ2n) is 9.08. The van der Waals surface area contributed by atoms with Gasteiger partial charge in [-0.05, 0) is 71.0 Å². The first-order chi connectivity index (χ1) is 12.5. The maximum atomic E-state index is 13.0. The summed E-state index contributed by atoms with van der Waals surface area (Å²) in [7, 11) is 0. The van der Waals surface area contributed by atoms with Crippen molar-refractivity contribution in [1.82, 2.24) is 0 Å². The fourth-order valence-corrected chi connectivity index (χ4v) is 4.07. The number of carbonyl (C=O) groups excluding carboxylic acids is 1. The summed E-state index contributed by atoms with van der Waals surface area (Å²) in [5.41, 5.74) is 5.71. The van der Waals surface area contributed by atoms with Crippen molar-refractivity contribution in [2.24, 2.45) is 0 Å². The normalized spacial score (nSPS) is 17.2. The summed E-state index contributed by atoms with van der Waals surface area (Å²) < 4.78 is 0. The Morgan fingerprint density at radius 1 is 0.926 bits per heavy atom. The highest BCUT2D eigenvalue weighted by molar-refractivity contribution is 5.99. The summed E-state index contributed by atoms with van der Waals surface area (Å²) in [5, 5.41) is 9.01. The van der Waals surface area contributed by atoms with Crippen LogP contribution in [0.15, 0.2) is 36.4 Å². The van der Waals surface area contributed by atoms with Crippen LogP contribution in [-0.2, 0) is 17.3 Å². The first-order valence-corrected chi connectivity index (χ1v) is 9.52. The highest BCUT2D eigenvalue weighted by Crippen LogP contribution is 2.46. The van der Waals surface area contributed by atoms with E-state index in [1.54, 1.807) is 24.3 Å². The molecule has 3 heteroatoms. The fraction of sp³-hybridized carbons (Fsp3) is 0.417. The molecule has 0 bridgehead atoms. The van der Waals surface area contributed by atoms with Gasteiger partial charge in [0.15, 0.2) is 5.78 Å². The van der Waals surface area contributed by atoms with Crippen LogP contribution in [0.3, 0.4) is 0 Å². The van der Waals surface area contributed by atoms with Crippen molar-refractivity contribution in [3.8, 4) is 0 Å². The maximum absolute atomic E-state index is 13.0. The second kappa shape index (κ2) is 6.63. The molecule has 0 fully saturated rings. The molecule has 0 unspecified atom stereocenters. The Bertz CT molecular complexity index is 902. The van der Waals surface area contributed by atoms with Crippen molar-refractivity contribution in [2.45, 2.75) is 64.7 Å². The Morgan fingerprint density at radius 2 is 1.44 bits per heavy atom. The number of benzene rings is 2. The van der Waals surface area contributed by atoms with Gasteiger partial charge < -0.3 is 5.11 Å². The van der Waals surface area contributed by atoms with Gasteiger partial charge in [0.1, 0.15) is 0 Å². The number of hydrogen-bond donors (Lipinski definition) is 1. The molecule has 0 saturated heterocycles. The molecule has 27 heavy (non-hydrogen) atoms. The summed E-state index contributed by atoms with van der Waals surface area (Å²) in [6, 6.07) is 10.9. The largest absolute Gasteiger partial charge is 0.478 e. The molecule has 1 aliphatic carbocycles. The molecule has 1 aliphatic rings. The van der Waals surface area contributed by atoms with E-state index in [0.717, 1.165) is 29.5 Å². The Kier molecular flexibility index (Phi) is 4.75. The second-order valence-corrected chi connectivity index (χ2v) is 9.08. The lowest BCUT2D eigenvalue weighted by Gasteiger charge is -2.42. The summed E-state index contributed by atoms with van der Waals surface area (Å²) in [6.45, 7) is 11.1. The first-order valence-electron chi connectivity index (χ1n) is 9.52. The van der Waals surface area contributed by atoms with Crippen LogP contribution in [0.5, 0.6) is 0 Å². The van der Waals surface area contributed by atoms with Gasteiger partial charge in [-0.2, -0.15) is 0 Å². The lowest BCUT2D eigenvalue weighted by molar-refractivity contribution is 0.0696. The molecule has 1 N–H and O–H groups in total. The summed E-state index contributed by atoms with van der Waals surface area (Å²) in [5.74, 6) is -0.874. The van der Waals surface area contributed by atoms with E-state index < -0.39 is 5.97 Å². The minimum Gasteiger partial charge on any atom is -0.478 e. The molecule has 0 aromatic heterocycles. The number of fused-ring (bicyclic) bond motifs is 1. The smallest absolute Gasteiger partial charge is 0.335 e. The minimum atomic E-state index is -0.955. The van der Waals surface area contributed by atoms with E-state index in [-0.39, 0.29) is 28.6 Å². The van der Waals surface area contributed by atoms with Crippen LogP contribution in [0.25, 0.3) is 0 Å². The van der Waals surface area contributed by atoms with E-state index in [4.69, 9.17) is 5.11 Å². The molecule has 0 spiro atoms. The summed E-state index contributed by atoms with van der Waals surface area (Å²) in [4.78, 5) is 24.0. The molecule has 2 aromatic rings. The topological polar surface area (TPSA) is 54.4 Å². The van der Waals surface area contributed by atoms with E-state index in [2.05, 4.69) is 39.8 Å². The number of carbonyl (C=O) groups is 2. The molecule has 2 aromatic carbocycles. The number of ketones is 1. The molecule has 0 atom stereocenters. The van der Waals surface area contributed by atoms with Gasteiger partial charge in [-0.25, -0.2) is 4.79 Å². The molecule has 0 saturated carbocycles. The molecule has 0 aliphatic heterocycles. The number of hydrogen-bond acceptors (Lipinski definition) is 2. The summed E-state index contributed by atoms with van der Waals surface area (Å²) in [6.07, 6.45) is 2.54. The Labute approximate surface area is 161 Å². The van der Waals surface area contributed by atoms with Crippen LogP contribution in [0.1, 0.15) is 83.5 Å². The van der Waals surface area contributed by atoms with Crippen LogP contribution in [-0.4, -0.2) is 16.9 Å². The molecular weight excluding hydrogens is 336 g/mol. The molecule has 3 rings (SSSR count). The monoisotopic (exact) mass is 364 g/mol. The zero-order chi connectivity index (χ0) is 20.0. The Hall–Kier alpha value is -2.42. The van der Waals surface area contributed by atoms with Crippen LogP contribution < -0.4 is 0 Å². The van der Waals surface area contributed by atoms with Gasteiger partial charge >= 0.3 is 5.97 Å². The number of Topliss-reactive ketones (excluding diaryl/α,β-unsaturated/α-hetero) is 1. The first kappa shape index (κ1) is 19.3. The molecule has 0 radical (unpaired) electrons. The zero-order valence-electron chi connectivity index (χ0n) is 16.8. The third-order valence-electron chi connectivity index (χ3n) is 6.06. The fourth-order valence-electron chi connectivity index (χ4n) is 4.07. The highest BCUT2D eigenvalue weighted by Gasteiger charge is 2.37. The quantitative estimate of drug-likeness (QED) is 0.732. The van der Waals surface area contributed by atoms with Crippen molar-refractivity contribution in [3.05, 3.63) is 69.8 Å². The van der Waals surface area contributed by atoms with E-state index >= 15 is 0 Å². The standard InChI is InChI=1S/C24H28O3/c1-15-12-19-20(24(4,5)11-10-23(19,2)3)14-18(15)21(25)13-16-6-8-17(9-7-16)22(26)27/h6-9,12,14H,10-11,13H2,1-5H3,(H,26,27). The van der Waals surface area contributed by atoms with Crippen LogP contribution in [0, 0.1) is 6.92 Å². The van der Waals surface area contributed by atoms with Crippen molar-refractivity contribution < 1.29 is 14.7 Å². The predicted octanol–water partition coefficient (Wildman–Crippen LogP) is 5.47. The van der Waals surface area contributed by atoms with Gasteiger partial charge in [-0.1, -0.05) is 45.9 Å². The highest BCUT2D eigenvalue weighted by atomic mass is 16.4. The van der Waals surface area contributed by atoms with Crippen molar-refractivity contribution >= 4 is 11.8 Å². The SMILES string of the molecule is Cc1cc2c(cc1C(=O)Cc1ccc(C(=O)O)cc1)C(C)(C)CCC2(C)C. The van der Waals surface area contributed by atoms with E-state index in [1.807, 2.05) is 6.92 Å². The van der Waals surface area contributed by atoms with Gasteiger partial charge in [-0.3, -0.25) is 4.79 Å². The third kappa shape index (κ3) is 3.69. The average Bonchev–Trinajstić information content (AvgIpc) is 2.59. The summed E-state index contributed by atoms with van der Waals surface area (Å²) >= 11 is 0. The Balaban J connectivity index is 1.95. The van der Waals surface area contributed by atoms with Gasteiger partial charge in [0.25, 0.3) is 0 Å². The Morgan fingerprint density at radius 3 is 1.96 bits per heavy atom. The molecule has 3 nitrogen and oxygen atoms in total. The third-order valence-corrected chi connectivity index (χ3v) is 6.06. The minimum absolute atomic E-state index is 0.0662. The van der Waals surface area contributed by atoms with Gasteiger partial charge in [0.2, 0.25) is 0 Å². The van der Waals surface area contributed by atoms with E-state index in [1.165, 1.54) is 11.1 Å². The van der Waals surface area contributed by atoms with E-state index in [9.17, 15) is 9.59 Å². The molecule has 0 heterocycles. The van der Waals surface area contributed by atoms with Crippen molar-refractivity contribution in [1.29, 1.82) is 0 Å². The number of carboxylic acids is 1. The van der Waals surface area contributed by atoms with Crippen molar-refractivity contribution in [2.75, 3.05) is 0 Å². The zero-order valence-corrected chi connectivity index (χ0v) is 16.8. The molecular formula is C24H28O3. The number of aryl methyl sites for hydroxylation is 1. The number of aromatic carboxylic acids is 1. The van der Waals surface area contributed by atoms with Crippen LogP contribution in [0.4, 0.5) is 0 Å². The van der Waals surface area contributed by atoms with Gasteiger partial charge in [0.05, 0.1) is 5.56 Å². The average molecular weight is 364 g/mol. The molecule has 0 amide bonds. The molecule has 142 valence electrons. The van der Waals surface area contributed by atoms with Crippen LogP contribution in [0.2, 0.25) is 0 Å².